The molecule has 0 aliphatic heterocycles. The quantitative estimate of drug-likeness (QED) is 0.827. The number of halogens is 1. The minimum absolute atomic E-state index is 0.837. The summed E-state index contributed by atoms with van der Waals surface area (Å²) in [6.45, 7) is 7.95. The molecule has 0 aliphatic rings. The summed E-state index contributed by atoms with van der Waals surface area (Å²) >= 11 is 5.22. The van der Waals surface area contributed by atoms with Crippen molar-refractivity contribution in [3.8, 4) is 0 Å². The van der Waals surface area contributed by atoms with Gasteiger partial charge in [-0.3, -0.25) is 0 Å². The molecule has 0 spiro atoms. The third kappa shape index (κ3) is 3.95. The Bertz CT molecular complexity index is 612. The van der Waals surface area contributed by atoms with Crippen LogP contribution < -0.4 is 10.2 Å². The fourth-order valence-electron chi connectivity index (χ4n) is 2.20. The Balaban J connectivity index is 2.30. The molecule has 6 heteroatoms. The Morgan fingerprint density at radius 2 is 2.10 bits per heavy atom. The lowest BCUT2D eigenvalue weighted by molar-refractivity contribution is 0.850. The molecule has 0 amide bonds. The summed E-state index contributed by atoms with van der Waals surface area (Å²) in [4.78, 5) is 11.5. The molecule has 0 atom stereocenters. The monoisotopic (exact) mass is 368 g/mol. The maximum absolute atomic E-state index is 4.70. The first kappa shape index (κ1) is 16.2. The van der Waals surface area contributed by atoms with E-state index < -0.39 is 0 Å². The molecule has 4 nitrogen and oxygen atoms in total. The summed E-state index contributed by atoms with van der Waals surface area (Å²) in [6.07, 6.45) is 0.837. The van der Waals surface area contributed by atoms with Gasteiger partial charge in [-0.05, 0) is 46.8 Å². The van der Waals surface area contributed by atoms with Crippen LogP contribution in [0.4, 0.5) is 11.6 Å². The molecule has 1 N–H and O–H groups in total. The standard InChI is InChI=1S/C15H21BrN4S/c1-5-13-18-14(17-6-2)10(3)15(19-13)20(4)8-11-7-12(16)21-9-11/h7,9H,5-6,8H2,1-4H3,(H,17,18,19). The average Bonchev–Trinajstić information content (AvgIpc) is 2.86. The SMILES string of the molecule is CCNc1nc(CC)nc(N(C)Cc2csc(Br)c2)c1C. The van der Waals surface area contributed by atoms with Crippen molar-refractivity contribution < 1.29 is 0 Å². The third-order valence-electron chi connectivity index (χ3n) is 3.23. The summed E-state index contributed by atoms with van der Waals surface area (Å²) in [5.74, 6) is 2.82. The van der Waals surface area contributed by atoms with Gasteiger partial charge < -0.3 is 10.2 Å². The third-order valence-corrected chi connectivity index (χ3v) is 4.78. The smallest absolute Gasteiger partial charge is 0.137 e. The van der Waals surface area contributed by atoms with Gasteiger partial charge in [-0.2, -0.15) is 0 Å². The van der Waals surface area contributed by atoms with Crippen molar-refractivity contribution in [1.82, 2.24) is 9.97 Å². The minimum atomic E-state index is 0.837. The molecule has 2 aromatic rings. The molecule has 2 rings (SSSR count). The molecular weight excluding hydrogens is 348 g/mol. The van der Waals surface area contributed by atoms with E-state index >= 15 is 0 Å². The van der Waals surface area contributed by atoms with E-state index in [0.717, 1.165) is 46.3 Å². The van der Waals surface area contributed by atoms with Crippen LogP contribution in [-0.4, -0.2) is 23.6 Å². The van der Waals surface area contributed by atoms with Crippen LogP contribution in [0.2, 0.25) is 0 Å². The Morgan fingerprint density at radius 1 is 1.33 bits per heavy atom. The zero-order chi connectivity index (χ0) is 15.4. The average molecular weight is 369 g/mol. The number of nitrogens with zero attached hydrogens (tertiary/aromatic N) is 3. The molecule has 0 radical (unpaired) electrons. The van der Waals surface area contributed by atoms with Gasteiger partial charge in [0.25, 0.3) is 0 Å². The fourth-order valence-corrected chi connectivity index (χ4v) is 3.40. The first-order valence-corrected chi connectivity index (χ1v) is 8.77. The van der Waals surface area contributed by atoms with Crippen LogP contribution in [0.3, 0.4) is 0 Å². The second-order valence-corrected chi connectivity index (χ2v) is 7.23. The molecule has 0 bridgehead atoms. The van der Waals surface area contributed by atoms with Crippen molar-refractivity contribution in [3.63, 3.8) is 0 Å². The number of anilines is 2. The molecule has 2 aromatic heterocycles. The summed E-state index contributed by atoms with van der Waals surface area (Å²) < 4.78 is 1.16. The highest BCUT2D eigenvalue weighted by molar-refractivity contribution is 9.11. The molecule has 0 aromatic carbocycles. The van der Waals surface area contributed by atoms with Gasteiger partial charge in [-0.25, -0.2) is 9.97 Å². The fraction of sp³-hybridized carbons (Fsp3) is 0.467. The van der Waals surface area contributed by atoms with E-state index in [2.05, 4.69) is 70.4 Å². The van der Waals surface area contributed by atoms with Crippen molar-refractivity contribution >= 4 is 38.9 Å². The van der Waals surface area contributed by atoms with Crippen LogP contribution in [0.15, 0.2) is 15.2 Å². The van der Waals surface area contributed by atoms with Crippen LogP contribution in [0.5, 0.6) is 0 Å². The van der Waals surface area contributed by atoms with E-state index in [9.17, 15) is 0 Å². The predicted molar refractivity (Wildman–Crippen MR) is 94.4 cm³/mol. The number of rotatable bonds is 6. The highest BCUT2D eigenvalue weighted by Gasteiger charge is 2.14. The van der Waals surface area contributed by atoms with Crippen LogP contribution in [-0.2, 0) is 13.0 Å². The highest BCUT2D eigenvalue weighted by Crippen LogP contribution is 2.26. The van der Waals surface area contributed by atoms with Crippen molar-refractivity contribution in [2.24, 2.45) is 0 Å². The van der Waals surface area contributed by atoms with Crippen LogP contribution in [0.1, 0.15) is 30.8 Å². The van der Waals surface area contributed by atoms with Crippen molar-refractivity contribution in [2.45, 2.75) is 33.7 Å². The predicted octanol–water partition coefficient (Wildman–Crippen LogP) is 4.24. The van der Waals surface area contributed by atoms with Gasteiger partial charge in [0.2, 0.25) is 0 Å². The lowest BCUT2D eigenvalue weighted by Crippen LogP contribution is -2.20. The van der Waals surface area contributed by atoms with Gasteiger partial charge in [0.15, 0.2) is 0 Å². The molecule has 114 valence electrons. The highest BCUT2D eigenvalue weighted by atomic mass is 79.9. The Kier molecular flexibility index (Phi) is 5.58. The zero-order valence-corrected chi connectivity index (χ0v) is 15.3. The van der Waals surface area contributed by atoms with Crippen LogP contribution >= 0.6 is 27.3 Å². The molecule has 0 saturated heterocycles. The normalized spacial score (nSPS) is 10.7. The molecule has 21 heavy (non-hydrogen) atoms. The van der Waals surface area contributed by atoms with Gasteiger partial charge >= 0.3 is 0 Å². The lowest BCUT2D eigenvalue weighted by Gasteiger charge is -2.22. The largest absolute Gasteiger partial charge is 0.370 e. The number of aryl methyl sites for hydroxylation is 1. The van der Waals surface area contributed by atoms with E-state index in [1.165, 1.54) is 5.56 Å². The van der Waals surface area contributed by atoms with Crippen molar-refractivity contribution in [1.29, 1.82) is 0 Å². The Hall–Kier alpha value is -1.14. The van der Waals surface area contributed by atoms with E-state index in [1.54, 1.807) is 11.3 Å². The van der Waals surface area contributed by atoms with Gasteiger partial charge in [0.1, 0.15) is 17.5 Å². The second kappa shape index (κ2) is 7.22. The summed E-state index contributed by atoms with van der Waals surface area (Å²) in [6, 6.07) is 2.16. The number of thiophene rings is 1. The molecule has 0 saturated carbocycles. The van der Waals surface area contributed by atoms with Gasteiger partial charge in [-0.1, -0.05) is 6.92 Å². The molecule has 0 unspecified atom stereocenters. The topological polar surface area (TPSA) is 41.1 Å². The van der Waals surface area contributed by atoms with Crippen LogP contribution in [0, 0.1) is 6.92 Å². The lowest BCUT2D eigenvalue weighted by atomic mass is 10.2. The number of hydrogen-bond acceptors (Lipinski definition) is 5. The van der Waals surface area contributed by atoms with E-state index in [-0.39, 0.29) is 0 Å². The summed E-state index contributed by atoms with van der Waals surface area (Å²) in [5.41, 5.74) is 2.39. The Morgan fingerprint density at radius 3 is 2.67 bits per heavy atom. The van der Waals surface area contributed by atoms with E-state index in [0.29, 0.717) is 0 Å². The zero-order valence-electron chi connectivity index (χ0n) is 12.9. The maximum atomic E-state index is 4.70. The van der Waals surface area contributed by atoms with Crippen LogP contribution in [0.25, 0.3) is 0 Å². The molecule has 2 heterocycles. The molecule has 0 aliphatic carbocycles. The molecular formula is C15H21BrN4S. The van der Waals surface area contributed by atoms with Gasteiger partial charge in [-0.15, -0.1) is 11.3 Å². The Labute approximate surface area is 138 Å². The summed E-state index contributed by atoms with van der Waals surface area (Å²) in [5, 5.41) is 5.50. The number of nitrogens with one attached hydrogen (secondary N) is 1. The second-order valence-electron chi connectivity index (χ2n) is 4.94. The number of hydrogen-bond donors (Lipinski definition) is 1. The van der Waals surface area contributed by atoms with Crippen molar-refractivity contribution in [3.05, 3.63) is 32.2 Å². The van der Waals surface area contributed by atoms with E-state index in [1.807, 2.05) is 0 Å². The van der Waals surface area contributed by atoms with Gasteiger partial charge in [0.05, 0.1) is 3.79 Å². The van der Waals surface area contributed by atoms with Crippen molar-refractivity contribution in [2.75, 3.05) is 23.8 Å². The van der Waals surface area contributed by atoms with Gasteiger partial charge in [0, 0.05) is 32.1 Å². The maximum Gasteiger partial charge on any atom is 0.137 e. The van der Waals surface area contributed by atoms with E-state index in [4.69, 9.17) is 4.98 Å². The molecule has 0 fully saturated rings. The first-order chi connectivity index (χ1) is 10.0. The summed E-state index contributed by atoms with van der Waals surface area (Å²) in [7, 11) is 2.08. The number of aromatic nitrogens is 2. The first-order valence-electron chi connectivity index (χ1n) is 7.10. The minimum Gasteiger partial charge on any atom is -0.370 e.